The zero-order valence-electron chi connectivity index (χ0n) is 9.43. The third-order valence-corrected chi connectivity index (χ3v) is 4.32. The Morgan fingerprint density at radius 2 is 1.94 bits per heavy atom. The summed E-state index contributed by atoms with van der Waals surface area (Å²) in [5.74, 6) is -0.247. The van der Waals surface area contributed by atoms with Gasteiger partial charge in [0.25, 0.3) is 5.91 Å². The third kappa shape index (κ3) is 3.05. The standard InChI is InChI=1S/C12H11Cl4NO/c13-9-3-2-8(6-10(9)14)7-17-5-1-4-12(15,16)11(17)18/h2-3,6H,1,4-5,7H2. The van der Waals surface area contributed by atoms with E-state index in [1.165, 1.54) is 0 Å². The number of piperidine rings is 1. The number of hydrogen-bond donors (Lipinski definition) is 0. The topological polar surface area (TPSA) is 20.3 Å². The number of hydrogen-bond acceptors (Lipinski definition) is 1. The largest absolute Gasteiger partial charge is 0.336 e. The van der Waals surface area contributed by atoms with Crippen molar-refractivity contribution in [3.63, 3.8) is 0 Å². The molecule has 2 nitrogen and oxygen atoms in total. The molecular weight excluding hydrogens is 316 g/mol. The van der Waals surface area contributed by atoms with Crippen molar-refractivity contribution in [2.45, 2.75) is 23.7 Å². The highest BCUT2D eigenvalue weighted by atomic mass is 35.5. The highest BCUT2D eigenvalue weighted by Crippen LogP contribution is 2.34. The minimum absolute atomic E-state index is 0.247. The van der Waals surface area contributed by atoms with Crippen LogP contribution in [0.4, 0.5) is 0 Å². The smallest absolute Gasteiger partial charge is 0.259 e. The van der Waals surface area contributed by atoms with Gasteiger partial charge in [0.2, 0.25) is 0 Å². The van der Waals surface area contributed by atoms with Crippen LogP contribution >= 0.6 is 46.4 Å². The molecule has 6 heteroatoms. The quantitative estimate of drug-likeness (QED) is 0.742. The highest BCUT2D eigenvalue weighted by molar-refractivity contribution is 6.58. The molecule has 0 unspecified atom stereocenters. The molecule has 1 saturated heterocycles. The minimum atomic E-state index is -1.30. The number of carbonyl (C=O) groups is 1. The molecule has 0 aliphatic carbocycles. The zero-order chi connectivity index (χ0) is 13.3. The number of halogens is 4. The minimum Gasteiger partial charge on any atom is -0.336 e. The molecule has 98 valence electrons. The van der Waals surface area contributed by atoms with Gasteiger partial charge in [-0.05, 0) is 30.5 Å². The van der Waals surface area contributed by atoms with Gasteiger partial charge in [0, 0.05) is 13.1 Å². The first-order valence-corrected chi connectivity index (χ1v) is 7.02. The maximum atomic E-state index is 12.0. The van der Waals surface area contributed by atoms with Crippen LogP contribution in [0.3, 0.4) is 0 Å². The predicted octanol–water partition coefficient (Wildman–Crippen LogP) is 4.29. The van der Waals surface area contributed by atoms with E-state index in [0.717, 1.165) is 12.0 Å². The van der Waals surface area contributed by atoms with E-state index < -0.39 is 4.33 Å². The molecule has 1 aromatic carbocycles. The molecule has 0 N–H and O–H groups in total. The third-order valence-electron chi connectivity index (χ3n) is 2.88. The Kier molecular flexibility index (Phi) is 4.32. The normalized spacial score (nSPS) is 19.1. The summed E-state index contributed by atoms with van der Waals surface area (Å²) in [6, 6.07) is 5.29. The fourth-order valence-corrected chi connectivity index (χ4v) is 2.77. The molecular formula is C12H11Cl4NO. The van der Waals surface area contributed by atoms with E-state index in [-0.39, 0.29) is 5.91 Å². The van der Waals surface area contributed by atoms with Crippen molar-refractivity contribution in [2.75, 3.05) is 6.54 Å². The van der Waals surface area contributed by atoms with Crippen LogP contribution in [0.15, 0.2) is 18.2 Å². The Hall–Kier alpha value is -0.150. The van der Waals surface area contributed by atoms with Crippen molar-refractivity contribution in [1.29, 1.82) is 0 Å². The SMILES string of the molecule is O=C1N(Cc2ccc(Cl)c(Cl)c2)CCCC1(Cl)Cl. The lowest BCUT2D eigenvalue weighted by Gasteiger charge is -2.34. The fraction of sp³-hybridized carbons (Fsp3) is 0.417. The Bertz CT molecular complexity index is 475. The van der Waals surface area contributed by atoms with Crippen LogP contribution in [0.5, 0.6) is 0 Å². The maximum absolute atomic E-state index is 12.0. The second-order valence-electron chi connectivity index (χ2n) is 4.28. The van der Waals surface area contributed by atoms with Gasteiger partial charge in [0.1, 0.15) is 0 Å². The molecule has 1 aliphatic rings. The highest BCUT2D eigenvalue weighted by Gasteiger charge is 2.40. The van der Waals surface area contributed by atoms with Gasteiger partial charge in [-0.25, -0.2) is 0 Å². The number of carbonyl (C=O) groups excluding carboxylic acids is 1. The second-order valence-corrected chi connectivity index (χ2v) is 6.58. The van der Waals surface area contributed by atoms with Crippen LogP contribution in [-0.2, 0) is 11.3 Å². The first-order valence-electron chi connectivity index (χ1n) is 5.51. The summed E-state index contributed by atoms with van der Waals surface area (Å²) in [6.45, 7) is 1.09. The molecule has 18 heavy (non-hydrogen) atoms. The molecule has 0 bridgehead atoms. The zero-order valence-corrected chi connectivity index (χ0v) is 12.5. The average Bonchev–Trinajstić information content (AvgIpc) is 2.30. The summed E-state index contributed by atoms with van der Waals surface area (Å²) in [5, 5.41) is 0.969. The van der Waals surface area contributed by atoms with Crippen molar-refractivity contribution < 1.29 is 4.79 Å². The van der Waals surface area contributed by atoms with Crippen LogP contribution < -0.4 is 0 Å². The van der Waals surface area contributed by atoms with Crippen molar-refractivity contribution in [3.05, 3.63) is 33.8 Å². The summed E-state index contributed by atoms with van der Waals surface area (Å²) in [4.78, 5) is 13.6. The van der Waals surface area contributed by atoms with E-state index in [1.54, 1.807) is 17.0 Å². The van der Waals surface area contributed by atoms with Gasteiger partial charge in [0.05, 0.1) is 10.0 Å². The van der Waals surface area contributed by atoms with E-state index in [9.17, 15) is 4.79 Å². The van der Waals surface area contributed by atoms with E-state index in [0.29, 0.717) is 29.6 Å². The summed E-state index contributed by atoms with van der Waals surface area (Å²) < 4.78 is -1.30. The number of amides is 1. The lowest BCUT2D eigenvalue weighted by atomic mass is 10.1. The average molecular weight is 327 g/mol. The maximum Gasteiger partial charge on any atom is 0.259 e. The molecule has 1 fully saturated rings. The van der Waals surface area contributed by atoms with Crippen molar-refractivity contribution >= 4 is 52.3 Å². The predicted molar refractivity (Wildman–Crippen MR) is 75.6 cm³/mol. The lowest BCUT2D eigenvalue weighted by Crippen LogP contribution is -2.46. The van der Waals surface area contributed by atoms with E-state index >= 15 is 0 Å². The van der Waals surface area contributed by atoms with E-state index in [4.69, 9.17) is 46.4 Å². The van der Waals surface area contributed by atoms with E-state index in [1.807, 2.05) is 6.07 Å². The van der Waals surface area contributed by atoms with Gasteiger partial charge in [0.15, 0.2) is 4.33 Å². The molecule has 2 rings (SSSR count). The number of nitrogens with zero attached hydrogens (tertiary/aromatic N) is 1. The summed E-state index contributed by atoms with van der Waals surface area (Å²) >= 11 is 23.7. The molecule has 1 aromatic rings. The van der Waals surface area contributed by atoms with Crippen LogP contribution in [0, 0.1) is 0 Å². The Labute approximate surface area is 126 Å². The first kappa shape index (κ1) is 14.3. The van der Waals surface area contributed by atoms with Crippen molar-refractivity contribution in [3.8, 4) is 0 Å². The summed E-state index contributed by atoms with van der Waals surface area (Å²) in [7, 11) is 0. The molecule has 0 atom stereocenters. The van der Waals surface area contributed by atoms with E-state index in [2.05, 4.69) is 0 Å². The summed E-state index contributed by atoms with van der Waals surface area (Å²) in [6.07, 6.45) is 1.28. The van der Waals surface area contributed by atoms with Gasteiger partial charge in [-0.15, -0.1) is 0 Å². The van der Waals surface area contributed by atoms with Gasteiger partial charge in [-0.3, -0.25) is 4.79 Å². The Balaban J connectivity index is 2.13. The van der Waals surface area contributed by atoms with Gasteiger partial charge < -0.3 is 4.90 Å². The first-order chi connectivity index (χ1) is 8.40. The molecule has 1 heterocycles. The van der Waals surface area contributed by atoms with Gasteiger partial charge in [-0.1, -0.05) is 52.5 Å². The molecule has 1 amide bonds. The Morgan fingerprint density at radius 1 is 1.22 bits per heavy atom. The van der Waals surface area contributed by atoms with Crippen LogP contribution in [0.1, 0.15) is 18.4 Å². The van der Waals surface area contributed by atoms with Crippen molar-refractivity contribution in [1.82, 2.24) is 4.90 Å². The van der Waals surface area contributed by atoms with Crippen LogP contribution in [0.2, 0.25) is 10.0 Å². The van der Waals surface area contributed by atoms with Crippen LogP contribution in [0.25, 0.3) is 0 Å². The number of likely N-dealkylation sites (tertiary alicyclic amines) is 1. The molecule has 0 spiro atoms. The lowest BCUT2D eigenvalue weighted by molar-refractivity contribution is -0.134. The molecule has 0 saturated carbocycles. The van der Waals surface area contributed by atoms with Gasteiger partial charge >= 0.3 is 0 Å². The van der Waals surface area contributed by atoms with Crippen molar-refractivity contribution in [2.24, 2.45) is 0 Å². The molecule has 1 aliphatic heterocycles. The van der Waals surface area contributed by atoms with Crippen LogP contribution in [-0.4, -0.2) is 21.7 Å². The Morgan fingerprint density at radius 3 is 2.61 bits per heavy atom. The summed E-state index contributed by atoms with van der Waals surface area (Å²) in [5.41, 5.74) is 0.906. The number of benzene rings is 1. The molecule has 0 aromatic heterocycles. The fourth-order valence-electron chi connectivity index (χ4n) is 1.94. The number of alkyl halides is 2. The molecule has 0 radical (unpaired) electrons. The van der Waals surface area contributed by atoms with Gasteiger partial charge in [-0.2, -0.15) is 0 Å². The number of rotatable bonds is 2. The second kappa shape index (κ2) is 5.46. The monoisotopic (exact) mass is 325 g/mol.